The first-order valence-corrected chi connectivity index (χ1v) is 10.9. The van der Waals surface area contributed by atoms with Crippen molar-refractivity contribution in [3.63, 3.8) is 0 Å². The maximum absolute atomic E-state index is 13.7. The molecule has 1 atom stereocenters. The van der Waals surface area contributed by atoms with Gasteiger partial charge in [-0.25, -0.2) is 9.97 Å². The van der Waals surface area contributed by atoms with Gasteiger partial charge in [0.2, 0.25) is 5.95 Å². The third-order valence-electron chi connectivity index (χ3n) is 5.98. The van der Waals surface area contributed by atoms with Gasteiger partial charge in [-0.15, -0.1) is 0 Å². The number of likely N-dealkylation sites (tertiary alicyclic amines) is 1. The topological polar surface area (TPSA) is 80.7 Å². The normalized spacial score (nSPS) is 15.4. The molecule has 4 rings (SSSR count). The van der Waals surface area contributed by atoms with Crippen molar-refractivity contribution in [1.29, 1.82) is 0 Å². The van der Waals surface area contributed by atoms with Crippen LogP contribution >= 0.6 is 0 Å². The Bertz CT molecular complexity index is 1160. The molecule has 1 amide bonds. The van der Waals surface area contributed by atoms with Crippen LogP contribution in [0.25, 0.3) is 11.1 Å². The van der Waals surface area contributed by atoms with Gasteiger partial charge < -0.3 is 19.3 Å². The molecule has 0 N–H and O–H groups in total. The van der Waals surface area contributed by atoms with E-state index in [1.54, 1.807) is 38.6 Å². The molecule has 8 nitrogen and oxygen atoms in total. The highest BCUT2D eigenvalue weighted by Gasteiger charge is 2.35. The Morgan fingerprint density at radius 2 is 1.94 bits per heavy atom. The lowest BCUT2D eigenvalue weighted by Gasteiger charge is -2.27. The molecule has 172 valence electrons. The summed E-state index contributed by atoms with van der Waals surface area (Å²) in [5.41, 5.74) is 4.33. The first-order valence-electron chi connectivity index (χ1n) is 10.9. The molecule has 3 heterocycles. The Morgan fingerprint density at radius 1 is 1.12 bits per heavy atom. The van der Waals surface area contributed by atoms with E-state index in [9.17, 15) is 4.79 Å². The minimum Gasteiger partial charge on any atom is -0.497 e. The lowest BCUT2D eigenvalue weighted by atomic mass is 9.97. The van der Waals surface area contributed by atoms with Crippen molar-refractivity contribution in [3.8, 4) is 22.6 Å². The van der Waals surface area contributed by atoms with Crippen molar-refractivity contribution in [3.05, 3.63) is 59.7 Å². The molecular formula is C25H29N5O3. The zero-order chi connectivity index (χ0) is 23.5. The number of nitrogens with zero attached hydrogens (tertiary/aromatic N) is 5. The van der Waals surface area contributed by atoms with E-state index in [1.807, 2.05) is 49.3 Å². The van der Waals surface area contributed by atoms with Crippen molar-refractivity contribution in [2.45, 2.75) is 25.8 Å². The summed E-state index contributed by atoms with van der Waals surface area (Å²) >= 11 is 0. The van der Waals surface area contributed by atoms with Gasteiger partial charge in [-0.2, -0.15) is 0 Å². The van der Waals surface area contributed by atoms with Gasteiger partial charge in [-0.3, -0.25) is 9.78 Å². The number of hydrogen-bond acceptors (Lipinski definition) is 7. The van der Waals surface area contributed by atoms with Crippen molar-refractivity contribution in [1.82, 2.24) is 19.9 Å². The number of aryl methyl sites for hydroxylation is 1. The molecule has 0 bridgehead atoms. The standard InChI is InChI=1S/C25H29N5O3/c1-16-14-26-11-10-18(16)20-15-27-25(29(2)3)28-23(20)21-7-6-12-30(21)24(31)19-9-8-17(32-4)13-22(19)33-5/h8-11,13-15,21H,6-7,12H2,1-5H3/t21-/m0/s1. The number of rotatable bonds is 6. The molecule has 0 aliphatic carbocycles. The van der Waals surface area contributed by atoms with Crippen LogP contribution in [0.5, 0.6) is 11.5 Å². The summed E-state index contributed by atoms with van der Waals surface area (Å²) < 4.78 is 10.8. The highest BCUT2D eigenvalue weighted by atomic mass is 16.5. The molecule has 8 heteroatoms. The van der Waals surface area contributed by atoms with Crippen molar-refractivity contribution >= 4 is 11.9 Å². The quantitative estimate of drug-likeness (QED) is 0.567. The third-order valence-corrected chi connectivity index (χ3v) is 5.98. The number of anilines is 1. The summed E-state index contributed by atoms with van der Waals surface area (Å²) in [5.74, 6) is 1.66. The van der Waals surface area contributed by atoms with Crippen molar-refractivity contribution < 1.29 is 14.3 Å². The average Bonchev–Trinajstić information content (AvgIpc) is 3.33. The third kappa shape index (κ3) is 4.33. The predicted octanol–water partition coefficient (Wildman–Crippen LogP) is 3.91. The molecule has 0 unspecified atom stereocenters. The van der Waals surface area contributed by atoms with Gasteiger partial charge in [-0.05, 0) is 49.1 Å². The summed E-state index contributed by atoms with van der Waals surface area (Å²) in [7, 11) is 6.98. The first-order chi connectivity index (χ1) is 15.9. The molecule has 1 aliphatic heterocycles. The number of carbonyl (C=O) groups is 1. The molecule has 33 heavy (non-hydrogen) atoms. The van der Waals surface area contributed by atoms with Gasteiger partial charge in [0.25, 0.3) is 5.91 Å². The number of ether oxygens (including phenoxy) is 2. The SMILES string of the molecule is COc1ccc(C(=O)N2CCC[C@H]2c2nc(N(C)C)ncc2-c2ccncc2C)c(OC)c1. The van der Waals surface area contributed by atoms with Crippen LogP contribution in [0.1, 0.15) is 40.5 Å². The number of benzene rings is 1. The van der Waals surface area contributed by atoms with Gasteiger partial charge >= 0.3 is 0 Å². The molecule has 1 fully saturated rings. The van der Waals surface area contributed by atoms with E-state index < -0.39 is 0 Å². The zero-order valence-electron chi connectivity index (χ0n) is 19.7. The van der Waals surface area contributed by atoms with Crippen LogP contribution in [0.2, 0.25) is 0 Å². The van der Waals surface area contributed by atoms with Crippen molar-refractivity contribution in [2.24, 2.45) is 0 Å². The predicted molar refractivity (Wildman–Crippen MR) is 127 cm³/mol. The lowest BCUT2D eigenvalue weighted by Crippen LogP contribution is -2.32. The van der Waals surface area contributed by atoms with E-state index in [0.717, 1.165) is 35.2 Å². The number of hydrogen-bond donors (Lipinski definition) is 0. The summed E-state index contributed by atoms with van der Waals surface area (Å²) in [6.07, 6.45) is 7.18. The van der Waals surface area contributed by atoms with Gasteiger partial charge in [-0.1, -0.05) is 0 Å². The van der Waals surface area contributed by atoms with Gasteiger partial charge in [0.05, 0.1) is 31.5 Å². The molecule has 1 saturated heterocycles. The van der Waals surface area contributed by atoms with Crippen LogP contribution in [-0.2, 0) is 0 Å². The number of carbonyl (C=O) groups excluding carboxylic acids is 1. The molecule has 1 aromatic carbocycles. The zero-order valence-corrected chi connectivity index (χ0v) is 19.7. The minimum absolute atomic E-state index is 0.0839. The molecule has 2 aromatic heterocycles. The summed E-state index contributed by atoms with van der Waals surface area (Å²) in [5, 5.41) is 0. The summed E-state index contributed by atoms with van der Waals surface area (Å²) in [6, 6.07) is 7.07. The second-order valence-electron chi connectivity index (χ2n) is 8.28. The summed E-state index contributed by atoms with van der Waals surface area (Å²) in [6.45, 7) is 2.67. The van der Waals surface area contributed by atoms with E-state index in [4.69, 9.17) is 14.5 Å². The molecular weight excluding hydrogens is 418 g/mol. The fraction of sp³-hybridized carbons (Fsp3) is 0.360. The van der Waals surface area contributed by atoms with E-state index in [1.165, 1.54) is 0 Å². The van der Waals surface area contributed by atoms with Crippen LogP contribution in [0, 0.1) is 6.92 Å². The molecule has 0 radical (unpaired) electrons. The minimum atomic E-state index is -0.173. The molecule has 0 spiro atoms. The fourth-order valence-electron chi connectivity index (χ4n) is 4.26. The molecule has 1 aliphatic rings. The largest absolute Gasteiger partial charge is 0.497 e. The van der Waals surface area contributed by atoms with Crippen LogP contribution in [0.15, 0.2) is 42.9 Å². The van der Waals surface area contributed by atoms with E-state index in [-0.39, 0.29) is 11.9 Å². The van der Waals surface area contributed by atoms with E-state index >= 15 is 0 Å². The highest BCUT2D eigenvalue weighted by molar-refractivity contribution is 5.97. The van der Waals surface area contributed by atoms with Crippen LogP contribution in [0.4, 0.5) is 5.95 Å². The Balaban J connectivity index is 1.79. The number of methoxy groups -OCH3 is 2. The second-order valence-corrected chi connectivity index (χ2v) is 8.28. The number of pyridine rings is 1. The Morgan fingerprint density at radius 3 is 2.64 bits per heavy atom. The first kappa shape index (κ1) is 22.5. The van der Waals surface area contributed by atoms with Crippen LogP contribution in [0.3, 0.4) is 0 Å². The summed E-state index contributed by atoms with van der Waals surface area (Å²) in [4.78, 5) is 31.2. The number of aromatic nitrogens is 3. The fourth-order valence-corrected chi connectivity index (χ4v) is 4.26. The number of amides is 1. The van der Waals surface area contributed by atoms with E-state index in [2.05, 4.69) is 9.97 Å². The Labute approximate surface area is 194 Å². The monoisotopic (exact) mass is 447 g/mol. The lowest BCUT2D eigenvalue weighted by molar-refractivity contribution is 0.0730. The highest BCUT2D eigenvalue weighted by Crippen LogP contribution is 2.39. The van der Waals surface area contributed by atoms with Crippen LogP contribution in [-0.4, -0.2) is 60.6 Å². The van der Waals surface area contributed by atoms with Crippen LogP contribution < -0.4 is 14.4 Å². The van der Waals surface area contributed by atoms with Gasteiger partial charge in [0, 0.05) is 50.9 Å². The smallest absolute Gasteiger partial charge is 0.258 e. The van der Waals surface area contributed by atoms with Gasteiger partial charge in [0.15, 0.2) is 0 Å². The van der Waals surface area contributed by atoms with Crippen molar-refractivity contribution in [2.75, 3.05) is 39.8 Å². The second kappa shape index (κ2) is 9.44. The van der Waals surface area contributed by atoms with E-state index in [0.29, 0.717) is 29.6 Å². The molecule has 3 aromatic rings. The average molecular weight is 448 g/mol. The maximum Gasteiger partial charge on any atom is 0.258 e. The Kier molecular flexibility index (Phi) is 6.44. The maximum atomic E-state index is 13.7. The molecule has 0 saturated carbocycles. The van der Waals surface area contributed by atoms with Gasteiger partial charge in [0.1, 0.15) is 11.5 Å². The Hall–Kier alpha value is -3.68.